The van der Waals surface area contributed by atoms with Gasteiger partial charge in [0.1, 0.15) is 0 Å². The van der Waals surface area contributed by atoms with Gasteiger partial charge in [0.15, 0.2) is 0 Å². The second kappa shape index (κ2) is 9.71. The largest absolute Gasteiger partial charge is 0.399 e. The van der Waals surface area contributed by atoms with Gasteiger partial charge in [-0.05, 0) is 57.0 Å². The third-order valence-corrected chi connectivity index (χ3v) is 5.20. The van der Waals surface area contributed by atoms with Gasteiger partial charge in [-0.2, -0.15) is 0 Å². The molecule has 0 aliphatic carbocycles. The van der Waals surface area contributed by atoms with Crippen molar-refractivity contribution in [3.05, 3.63) is 28.8 Å². The van der Waals surface area contributed by atoms with Gasteiger partial charge in [0, 0.05) is 24.8 Å². The molecule has 2 fully saturated rings. The lowest BCUT2D eigenvalue weighted by Crippen LogP contribution is -2.48. The Morgan fingerprint density at radius 1 is 1.04 bits per heavy atom. The second-order valence-corrected chi connectivity index (χ2v) is 6.77. The molecule has 0 radical (unpaired) electrons. The zero-order valence-electron chi connectivity index (χ0n) is 13.7. The Labute approximate surface area is 161 Å². The maximum atomic E-state index is 12.6. The van der Waals surface area contributed by atoms with Crippen LogP contribution >= 0.6 is 36.4 Å². The zero-order chi connectivity index (χ0) is 15.5. The third kappa shape index (κ3) is 4.92. The number of carbonyl (C=O) groups excluding carboxylic acids is 1. The van der Waals surface area contributed by atoms with Crippen molar-refractivity contribution >= 4 is 48.0 Å². The van der Waals surface area contributed by atoms with Crippen LogP contribution in [0.3, 0.4) is 0 Å². The Morgan fingerprint density at radius 3 is 2.25 bits per heavy atom. The van der Waals surface area contributed by atoms with Gasteiger partial charge in [0.25, 0.3) is 5.91 Å². The summed E-state index contributed by atoms with van der Waals surface area (Å²) in [6.07, 6.45) is 6.14. The van der Waals surface area contributed by atoms with Crippen LogP contribution in [0.2, 0.25) is 5.02 Å². The molecule has 0 aromatic heterocycles. The normalized spacial score (nSPS) is 19.3. The van der Waals surface area contributed by atoms with E-state index >= 15 is 0 Å². The molecule has 0 saturated carbocycles. The standard InChI is InChI=1S/C17H24ClN3O.2ClH/c18-16-12-13(19)4-5-15(16)17(22)21-10-6-14(7-11-21)20-8-2-1-3-9-20;;/h4-5,12,14H,1-3,6-11,19H2;2*1H. The number of hydrogen-bond acceptors (Lipinski definition) is 3. The van der Waals surface area contributed by atoms with E-state index in [1.807, 2.05) is 4.90 Å². The molecule has 0 spiro atoms. The molecule has 2 saturated heterocycles. The van der Waals surface area contributed by atoms with Crippen molar-refractivity contribution in [2.75, 3.05) is 31.9 Å². The minimum absolute atomic E-state index is 0. The van der Waals surface area contributed by atoms with E-state index in [0.717, 1.165) is 25.9 Å². The van der Waals surface area contributed by atoms with Gasteiger partial charge < -0.3 is 15.5 Å². The number of piperidine rings is 2. The molecule has 2 aliphatic heterocycles. The SMILES string of the molecule is Cl.Cl.Nc1ccc(C(=O)N2CCC(N3CCCCC3)CC2)c(Cl)c1. The molecule has 24 heavy (non-hydrogen) atoms. The Morgan fingerprint density at radius 2 is 1.67 bits per heavy atom. The van der Waals surface area contributed by atoms with Crippen molar-refractivity contribution in [3.63, 3.8) is 0 Å². The number of amides is 1. The van der Waals surface area contributed by atoms with E-state index in [-0.39, 0.29) is 30.7 Å². The number of nitrogens with two attached hydrogens (primary N) is 1. The van der Waals surface area contributed by atoms with Gasteiger partial charge in [-0.1, -0.05) is 18.0 Å². The molecule has 2 aliphatic rings. The van der Waals surface area contributed by atoms with E-state index in [1.54, 1.807) is 18.2 Å². The van der Waals surface area contributed by atoms with Crippen LogP contribution in [-0.2, 0) is 0 Å². The summed E-state index contributed by atoms with van der Waals surface area (Å²) in [5.74, 6) is 0.0297. The molecule has 1 aromatic carbocycles. The fourth-order valence-electron chi connectivity index (χ4n) is 3.59. The fraction of sp³-hybridized carbons (Fsp3) is 0.588. The Bertz CT molecular complexity index is 542. The lowest BCUT2D eigenvalue weighted by molar-refractivity contribution is 0.0590. The first kappa shape index (κ1) is 21.4. The van der Waals surface area contributed by atoms with E-state index < -0.39 is 0 Å². The van der Waals surface area contributed by atoms with E-state index in [0.29, 0.717) is 22.3 Å². The highest BCUT2D eigenvalue weighted by Crippen LogP contribution is 2.25. The number of halogens is 3. The first-order valence-corrected chi connectivity index (χ1v) is 8.61. The molecule has 0 bridgehead atoms. The Kier molecular flexibility index (Phi) is 8.65. The van der Waals surface area contributed by atoms with Crippen molar-refractivity contribution in [3.8, 4) is 0 Å². The number of nitrogen functional groups attached to an aromatic ring is 1. The van der Waals surface area contributed by atoms with Crippen molar-refractivity contribution < 1.29 is 4.79 Å². The summed E-state index contributed by atoms with van der Waals surface area (Å²) in [5.41, 5.74) is 6.84. The van der Waals surface area contributed by atoms with Crippen LogP contribution in [0.4, 0.5) is 5.69 Å². The van der Waals surface area contributed by atoms with Crippen LogP contribution < -0.4 is 5.73 Å². The summed E-state index contributed by atoms with van der Waals surface area (Å²) < 4.78 is 0. The highest BCUT2D eigenvalue weighted by molar-refractivity contribution is 6.34. The summed E-state index contributed by atoms with van der Waals surface area (Å²) in [6.45, 7) is 4.09. The van der Waals surface area contributed by atoms with E-state index in [2.05, 4.69) is 4.90 Å². The molecule has 136 valence electrons. The number of likely N-dealkylation sites (tertiary alicyclic amines) is 2. The first-order valence-electron chi connectivity index (χ1n) is 8.23. The third-order valence-electron chi connectivity index (χ3n) is 4.88. The number of rotatable bonds is 2. The van der Waals surface area contributed by atoms with Crippen LogP contribution in [0, 0.1) is 0 Å². The van der Waals surface area contributed by atoms with Gasteiger partial charge in [-0.25, -0.2) is 0 Å². The van der Waals surface area contributed by atoms with Crippen LogP contribution in [0.1, 0.15) is 42.5 Å². The number of hydrogen-bond donors (Lipinski definition) is 1. The van der Waals surface area contributed by atoms with Crippen molar-refractivity contribution in [1.82, 2.24) is 9.80 Å². The van der Waals surface area contributed by atoms with Crippen LogP contribution in [-0.4, -0.2) is 47.9 Å². The number of nitrogens with zero attached hydrogens (tertiary/aromatic N) is 2. The van der Waals surface area contributed by atoms with E-state index in [1.165, 1.54) is 32.4 Å². The molecule has 3 rings (SSSR count). The monoisotopic (exact) mass is 393 g/mol. The van der Waals surface area contributed by atoms with Crippen molar-refractivity contribution in [2.24, 2.45) is 0 Å². The van der Waals surface area contributed by atoms with Gasteiger partial charge in [-0.15, -0.1) is 24.8 Å². The number of anilines is 1. The average Bonchev–Trinajstić information content (AvgIpc) is 2.55. The summed E-state index contributed by atoms with van der Waals surface area (Å²) in [5, 5.41) is 0.447. The van der Waals surface area contributed by atoms with Gasteiger partial charge >= 0.3 is 0 Å². The molecule has 7 heteroatoms. The summed E-state index contributed by atoms with van der Waals surface area (Å²) in [4.78, 5) is 17.1. The Hall–Kier alpha value is -0.680. The highest BCUT2D eigenvalue weighted by atomic mass is 35.5. The number of benzene rings is 1. The molecule has 2 N–H and O–H groups in total. The quantitative estimate of drug-likeness (QED) is 0.775. The Balaban J connectivity index is 0.00000144. The predicted octanol–water partition coefficient (Wildman–Crippen LogP) is 3.86. The van der Waals surface area contributed by atoms with Gasteiger partial charge in [0.05, 0.1) is 10.6 Å². The highest BCUT2D eigenvalue weighted by Gasteiger charge is 2.28. The van der Waals surface area contributed by atoms with E-state index in [9.17, 15) is 4.79 Å². The van der Waals surface area contributed by atoms with Gasteiger partial charge in [-0.3, -0.25) is 4.79 Å². The van der Waals surface area contributed by atoms with Crippen molar-refractivity contribution in [1.29, 1.82) is 0 Å². The van der Waals surface area contributed by atoms with Crippen LogP contribution in [0.25, 0.3) is 0 Å². The molecule has 1 amide bonds. The maximum Gasteiger partial charge on any atom is 0.255 e. The van der Waals surface area contributed by atoms with Crippen LogP contribution in [0.15, 0.2) is 18.2 Å². The lowest BCUT2D eigenvalue weighted by Gasteiger charge is -2.40. The molecule has 0 unspecified atom stereocenters. The second-order valence-electron chi connectivity index (χ2n) is 6.36. The van der Waals surface area contributed by atoms with Crippen LogP contribution in [0.5, 0.6) is 0 Å². The smallest absolute Gasteiger partial charge is 0.255 e. The van der Waals surface area contributed by atoms with Gasteiger partial charge in [0.2, 0.25) is 0 Å². The average molecular weight is 395 g/mol. The fourth-order valence-corrected chi connectivity index (χ4v) is 3.86. The van der Waals surface area contributed by atoms with E-state index in [4.69, 9.17) is 17.3 Å². The topological polar surface area (TPSA) is 49.6 Å². The summed E-state index contributed by atoms with van der Waals surface area (Å²) in [7, 11) is 0. The van der Waals surface area contributed by atoms with Crippen molar-refractivity contribution in [2.45, 2.75) is 38.1 Å². The molecule has 0 atom stereocenters. The molecule has 2 heterocycles. The maximum absolute atomic E-state index is 12.6. The molecule has 1 aromatic rings. The lowest BCUT2D eigenvalue weighted by atomic mass is 9.99. The summed E-state index contributed by atoms with van der Waals surface area (Å²) >= 11 is 6.16. The minimum Gasteiger partial charge on any atom is -0.399 e. The molecular formula is C17H26Cl3N3O. The summed E-state index contributed by atoms with van der Waals surface area (Å²) in [6, 6.07) is 5.76. The predicted molar refractivity (Wildman–Crippen MR) is 105 cm³/mol. The molecular weight excluding hydrogens is 369 g/mol. The molecule has 4 nitrogen and oxygen atoms in total. The minimum atomic E-state index is 0. The first-order chi connectivity index (χ1) is 10.6. The zero-order valence-corrected chi connectivity index (χ0v) is 16.1. The number of carbonyl (C=O) groups is 1.